The first-order valence-electron chi connectivity index (χ1n) is 26.8. The van der Waals surface area contributed by atoms with Crippen LogP contribution >= 0.6 is 0 Å². The number of ether oxygens (including phenoxy) is 4. The molecule has 0 aliphatic rings. The fourth-order valence-corrected chi connectivity index (χ4v) is 8.59. The van der Waals surface area contributed by atoms with Crippen molar-refractivity contribution in [1.82, 2.24) is 4.90 Å². The number of nitro benzene ring substituents is 1. The molecule has 0 fully saturated rings. The lowest BCUT2D eigenvalue weighted by Gasteiger charge is -2.22. The van der Waals surface area contributed by atoms with Gasteiger partial charge in [-0.2, -0.15) is 0 Å². The van der Waals surface area contributed by atoms with Crippen LogP contribution in [0.3, 0.4) is 0 Å². The highest BCUT2D eigenvalue weighted by atomic mass is 16.7. The average molecular weight is 917 g/mol. The third-order valence-corrected chi connectivity index (χ3v) is 12.7. The number of nitrogens with zero attached hydrogens (tertiary/aromatic N) is 2. The molecule has 0 aromatic heterocycles. The van der Waals surface area contributed by atoms with Crippen molar-refractivity contribution in [3.63, 3.8) is 0 Å². The molecule has 0 heterocycles. The summed E-state index contributed by atoms with van der Waals surface area (Å²) in [6.07, 6.45) is 36.0. The lowest BCUT2D eigenvalue weighted by molar-refractivity contribution is -0.384. The minimum absolute atomic E-state index is 0.0464. The molecule has 11 nitrogen and oxygen atoms in total. The molecule has 1 aromatic rings. The number of benzene rings is 1. The topological polar surface area (TPSA) is 135 Å². The predicted octanol–water partition coefficient (Wildman–Crippen LogP) is 15.7. The number of esters is 2. The van der Waals surface area contributed by atoms with Crippen molar-refractivity contribution in [3.05, 3.63) is 34.4 Å². The Morgan fingerprint density at radius 3 is 1.26 bits per heavy atom. The highest BCUT2D eigenvalue weighted by molar-refractivity contribution is 5.69. The molecule has 0 radical (unpaired) electrons. The van der Waals surface area contributed by atoms with Crippen molar-refractivity contribution in [1.29, 1.82) is 0 Å². The number of hydrogen-bond donors (Lipinski definition) is 0. The quantitative estimate of drug-likeness (QED) is 0.0155. The van der Waals surface area contributed by atoms with Crippen molar-refractivity contribution < 1.29 is 38.3 Å². The number of carbonyl (C=O) groups is 3. The van der Waals surface area contributed by atoms with Gasteiger partial charge in [0, 0.05) is 31.5 Å². The highest BCUT2D eigenvalue weighted by Gasteiger charge is 2.14. The second-order valence-electron chi connectivity index (χ2n) is 18.6. The molecule has 0 aliphatic carbocycles. The molecular weight excluding hydrogens is 821 g/mol. The minimum Gasteiger partial charge on any atom is -0.466 e. The van der Waals surface area contributed by atoms with Gasteiger partial charge in [-0.1, -0.05) is 182 Å². The number of carbonyl (C=O) groups excluding carboxylic acids is 3. The fourth-order valence-electron chi connectivity index (χ4n) is 8.59. The van der Waals surface area contributed by atoms with Crippen LogP contribution in [0.4, 0.5) is 10.5 Å². The summed E-state index contributed by atoms with van der Waals surface area (Å²) in [6.45, 7) is 13.1. The number of non-ortho nitro benzene ring substituents is 1. The van der Waals surface area contributed by atoms with Gasteiger partial charge in [-0.25, -0.2) is 4.79 Å². The molecule has 65 heavy (non-hydrogen) atoms. The molecule has 376 valence electrons. The first-order valence-corrected chi connectivity index (χ1v) is 26.8. The van der Waals surface area contributed by atoms with Gasteiger partial charge in [-0.3, -0.25) is 19.7 Å². The zero-order chi connectivity index (χ0) is 47.4. The Morgan fingerprint density at radius 2 is 0.862 bits per heavy atom. The molecule has 0 amide bonds. The number of unbranched alkanes of at least 4 members (excludes halogenated alkanes) is 18. The molecule has 0 unspecified atom stereocenters. The third kappa shape index (κ3) is 36.6. The van der Waals surface area contributed by atoms with Crippen LogP contribution in [0.1, 0.15) is 240 Å². The molecule has 0 saturated heterocycles. The Kier molecular flexibility index (Phi) is 39.9. The highest BCUT2D eigenvalue weighted by Crippen LogP contribution is 2.23. The standard InChI is InChI=1S/C54H96N2O9/c1-5-9-21-30-48(31-22-10-6-2)40-46-62-52(57)34-25-17-13-15-19-27-42-55(44-29-45-64-54(59)65-51-38-36-50(37-39-51)56(60)61)43-28-20-16-14-18-26-35-53(58)63-47-41-49(32-23-11-7-3)33-24-12-8-4/h36-39,48-49H,5-35,40-47H2,1-4H3. The van der Waals surface area contributed by atoms with Crippen molar-refractivity contribution in [3.8, 4) is 5.75 Å². The molecular formula is C54H96N2O9. The van der Waals surface area contributed by atoms with Gasteiger partial charge in [0.1, 0.15) is 5.75 Å². The van der Waals surface area contributed by atoms with Gasteiger partial charge in [0.25, 0.3) is 5.69 Å². The van der Waals surface area contributed by atoms with Gasteiger partial charge in [0.2, 0.25) is 0 Å². The zero-order valence-corrected chi connectivity index (χ0v) is 42.1. The van der Waals surface area contributed by atoms with Gasteiger partial charge in [-0.15, -0.1) is 0 Å². The van der Waals surface area contributed by atoms with Gasteiger partial charge in [0.05, 0.1) is 24.7 Å². The smallest absolute Gasteiger partial charge is 0.466 e. The second kappa shape index (κ2) is 43.4. The maximum atomic E-state index is 12.4. The lowest BCUT2D eigenvalue weighted by Crippen LogP contribution is -2.28. The van der Waals surface area contributed by atoms with E-state index in [4.69, 9.17) is 18.9 Å². The van der Waals surface area contributed by atoms with E-state index in [2.05, 4.69) is 32.6 Å². The third-order valence-electron chi connectivity index (χ3n) is 12.7. The Bertz CT molecular complexity index is 1220. The van der Waals surface area contributed by atoms with Crippen molar-refractivity contribution in [2.45, 2.75) is 240 Å². The summed E-state index contributed by atoms with van der Waals surface area (Å²) in [6, 6.07) is 5.34. The van der Waals surface area contributed by atoms with Gasteiger partial charge in [-0.05, 0) is 82.0 Å². The van der Waals surface area contributed by atoms with Crippen LogP contribution in [0, 0.1) is 22.0 Å². The van der Waals surface area contributed by atoms with Crippen molar-refractivity contribution in [2.24, 2.45) is 11.8 Å². The number of hydrogen-bond acceptors (Lipinski definition) is 10. The lowest BCUT2D eigenvalue weighted by atomic mass is 9.92. The molecule has 11 heteroatoms. The van der Waals surface area contributed by atoms with E-state index >= 15 is 0 Å². The summed E-state index contributed by atoms with van der Waals surface area (Å²) in [5, 5.41) is 10.9. The van der Waals surface area contributed by atoms with E-state index in [9.17, 15) is 24.5 Å². The normalized spacial score (nSPS) is 11.4. The first kappa shape index (κ1) is 59.8. The SMILES string of the molecule is CCCCCC(CCCCC)CCOC(=O)CCCCCCCCN(CCCCCCCCC(=O)OCCC(CCCCC)CCCCC)CCCOC(=O)Oc1ccc([N+](=O)[O-])cc1. The van der Waals surface area contributed by atoms with E-state index in [1.165, 1.54) is 127 Å². The van der Waals surface area contributed by atoms with Gasteiger partial charge in [0.15, 0.2) is 0 Å². The van der Waals surface area contributed by atoms with Crippen LogP contribution in [0.25, 0.3) is 0 Å². The van der Waals surface area contributed by atoms with E-state index in [-0.39, 0.29) is 30.0 Å². The Morgan fingerprint density at radius 1 is 0.477 bits per heavy atom. The summed E-state index contributed by atoms with van der Waals surface area (Å²) in [4.78, 5) is 50.0. The Labute approximate surface area is 396 Å². The van der Waals surface area contributed by atoms with Crippen LogP contribution in [0.15, 0.2) is 24.3 Å². The predicted molar refractivity (Wildman–Crippen MR) is 265 cm³/mol. The van der Waals surface area contributed by atoms with Crippen molar-refractivity contribution >= 4 is 23.8 Å². The van der Waals surface area contributed by atoms with Gasteiger partial charge < -0.3 is 23.8 Å². The second-order valence-corrected chi connectivity index (χ2v) is 18.6. The summed E-state index contributed by atoms with van der Waals surface area (Å²) in [5.74, 6) is 1.47. The minimum atomic E-state index is -0.819. The van der Waals surface area contributed by atoms with E-state index in [0.29, 0.717) is 44.3 Å². The van der Waals surface area contributed by atoms with E-state index in [0.717, 1.165) is 110 Å². The molecule has 1 rings (SSSR count). The molecule has 1 aromatic carbocycles. The van der Waals surface area contributed by atoms with Crippen molar-refractivity contribution in [2.75, 3.05) is 39.5 Å². The Balaban J connectivity index is 2.37. The molecule has 0 atom stereocenters. The number of nitro groups is 1. The molecule has 0 saturated carbocycles. The van der Waals surface area contributed by atoms with Crippen LogP contribution < -0.4 is 4.74 Å². The summed E-state index contributed by atoms with van der Waals surface area (Å²) in [5.41, 5.74) is -0.0745. The average Bonchev–Trinajstić information content (AvgIpc) is 3.29. The first-order chi connectivity index (χ1) is 31.7. The summed E-state index contributed by atoms with van der Waals surface area (Å²) >= 11 is 0. The van der Waals surface area contributed by atoms with Crippen LogP contribution in [-0.2, 0) is 23.8 Å². The number of rotatable bonds is 46. The molecule has 0 spiro atoms. The largest absolute Gasteiger partial charge is 0.513 e. The maximum Gasteiger partial charge on any atom is 0.513 e. The molecule has 0 aliphatic heterocycles. The van der Waals surface area contributed by atoms with Gasteiger partial charge >= 0.3 is 18.1 Å². The Hall–Kier alpha value is -3.21. The van der Waals surface area contributed by atoms with Crippen LogP contribution in [0.5, 0.6) is 5.75 Å². The van der Waals surface area contributed by atoms with E-state index < -0.39 is 11.1 Å². The molecule has 0 bridgehead atoms. The molecule has 0 N–H and O–H groups in total. The fraction of sp³-hybridized carbons (Fsp3) is 0.833. The summed E-state index contributed by atoms with van der Waals surface area (Å²) < 4.78 is 21.8. The van der Waals surface area contributed by atoms with Crippen LogP contribution in [-0.4, -0.2) is 67.4 Å². The van der Waals surface area contributed by atoms with Crippen LogP contribution in [0.2, 0.25) is 0 Å². The maximum absolute atomic E-state index is 12.4. The van der Waals surface area contributed by atoms with E-state index in [1.54, 1.807) is 0 Å². The zero-order valence-electron chi connectivity index (χ0n) is 42.1. The summed E-state index contributed by atoms with van der Waals surface area (Å²) in [7, 11) is 0. The van der Waals surface area contributed by atoms with E-state index in [1.807, 2.05) is 0 Å². The monoisotopic (exact) mass is 917 g/mol.